The molecule has 144 valence electrons. The number of anilines is 1. The Morgan fingerprint density at radius 1 is 1.29 bits per heavy atom. The average Bonchev–Trinajstić information content (AvgIpc) is 2.67. The largest absolute Gasteiger partial charge is 0.325 e. The van der Waals surface area contributed by atoms with Crippen molar-refractivity contribution in [3.05, 3.63) is 76.6 Å². The summed E-state index contributed by atoms with van der Waals surface area (Å²) >= 11 is 1.27. The van der Waals surface area contributed by atoms with Gasteiger partial charge in [0.05, 0.1) is 16.2 Å². The molecule has 5 nitrogen and oxygen atoms in total. The van der Waals surface area contributed by atoms with Gasteiger partial charge in [-0.2, -0.15) is 0 Å². The lowest BCUT2D eigenvalue weighted by atomic mass is 10.1. The van der Waals surface area contributed by atoms with Crippen molar-refractivity contribution in [2.45, 2.75) is 37.7 Å². The summed E-state index contributed by atoms with van der Waals surface area (Å²) in [4.78, 5) is 30.1. The SMILES string of the molecule is C=CCn1c(SC(C)C(=O)Nc2ccc(C)cc2C)nc2ccccc2c1=O. The molecular weight excluding hydrogens is 370 g/mol. The summed E-state index contributed by atoms with van der Waals surface area (Å²) in [6, 6.07) is 13.1. The summed E-state index contributed by atoms with van der Waals surface area (Å²) in [5, 5.41) is 3.60. The minimum atomic E-state index is -0.426. The number of aryl methyl sites for hydroxylation is 2. The van der Waals surface area contributed by atoms with E-state index in [9.17, 15) is 9.59 Å². The van der Waals surface area contributed by atoms with Crippen LogP contribution in [0.5, 0.6) is 0 Å². The second kappa shape index (κ2) is 8.44. The lowest BCUT2D eigenvalue weighted by Crippen LogP contribution is -2.27. The Morgan fingerprint density at radius 2 is 2.04 bits per heavy atom. The summed E-state index contributed by atoms with van der Waals surface area (Å²) in [6.07, 6.45) is 1.66. The predicted molar refractivity (Wildman–Crippen MR) is 116 cm³/mol. The third-order valence-corrected chi connectivity index (χ3v) is 5.52. The zero-order chi connectivity index (χ0) is 20.3. The molecule has 0 saturated heterocycles. The van der Waals surface area contributed by atoms with Crippen LogP contribution in [0.25, 0.3) is 10.9 Å². The van der Waals surface area contributed by atoms with Crippen LogP contribution in [0.15, 0.2) is 65.1 Å². The van der Waals surface area contributed by atoms with E-state index in [4.69, 9.17) is 0 Å². The first-order chi connectivity index (χ1) is 13.4. The van der Waals surface area contributed by atoms with Crippen LogP contribution in [-0.2, 0) is 11.3 Å². The van der Waals surface area contributed by atoms with Gasteiger partial charge in [0.25, 0.3) is 5.56 Å². The van der Waals surface area contributed by atoms with E-state index in [1.165, 1.54) is 11.8 Å². The van der Waals surface area contributed by atoms with Gasteiger partial charge >= 0.3 is 0 Å². The number of hydrogen-bond donors (Lipinski definition) is 1. The summed E-state index contributed by atoms with van der Waals surface area (Å²) in [5.41, 5.74) is 3.44. The monoisotopic (exact) mass is 393 g/mol. The van der Waals surface area contributed by atoms with Crippen molar-refractivity contribution in [1.82, 2.24) is 9.55 Å². The molecule has 2 aromatic carbocycles. The predicted octanol–water partition coefficient (Wildman–Crippen LogP) is 4.32. The molecule has 1 atom stereocenters. The van der Waals surface area contributed by atoms with Crippen LogP contribution < -0.4 is 10.9 Å². The summed E-state index contributed by atoms with van der Waals surface area (Å²) in [5.74, 6) is -0.135. The van der Waals surface area contributed by atoms with Crippen molar-refractivity contribution in [2.24, 2.45) is 0 Å². The standard InChI is InChI=1S/C22H23N3O2S/c1-5-12-25-21(27)17-8-6-7-9-19(17)24-22(25)28-16(4)20(26)23-18-11-10-14(2)13-15(18)3/h5-11,13,16H,1,12H2,2-4H3,(H,23,26). The first-order valence-corrected chi connectivity index (χ1v) is 9.94. The van der Waals surface area contributed by atoms with Crippen molar-refractivity contribution in [2.75, 3.05) is 5.32 Å². The van der Waals surface area contributed by atoms with Crippen molar-refractivity contribution >= 4 is 34.3 Å². The molecule has 0 saturated carbocycles. The van der Waals surface area contributed by atoms with Gasteiger partial charge in [-0.1, -0.05) is 47.7 Å². The highest BCUT2D eigenvalue weighted by Crippen LogP contribution is 2.24. The lowest BCUT2D eigenvalue weighted by Gasteiger charge is -2.16. The van der Waals surface area contributed by atoms with Crippen molar-refractivity contribution in [1.29, 1.82) is 0 Å². The second-order valence-corrected chi connectivity index (χ2v) is 7.99. The highest BCUT2D eigenvalue weighted by atomic mass is 32.2. The number of nitrogens with zero attached hydrogens (tertiary/aromatic N) is 2. The van der Waals surface area contributed by atoms with Gasteiger partial charge in [-0.15, -0.1) is 6.58 Å². The Labute approximate surface area is 168 Å². The van der Waals surface area contributed by atoms with Crippen LogP contribution >= 0.6 is 11.8 Å². The van der Waals surface area contributed by atoms with E-state index in [1.54, 1.807) is 22.8 Å². The number of thioether (sulfide) groups is 1. The van der Waals surface area contributed by atoms with E-state index >= 15 is 0 Å². The fourth-order valence-electron chi connectivity index (χ4n) is 2.93. The van der Waals surface area contributed by atoms with Crippen molar-refractivity contribution < 1.29 is 4.79 Å². The minimum absolute atomic E-state index is 0.130. The molecule has 3 aromatic rings. The fourth-order valence-corrected chi connectivity index (χ4v) is 3.85. The van der Waals surface area contributed by atoms with Crippen LogP contribution in [0.4, 0.5) is 5.69 Å². The Balaban J connectivity index is 1.88. The number of nitrogens with one attached hydrogen (secondary N) is 1. The van der Waals surface area contributed by atoms with Crippen LogP contribution in [0.2, 0.25) is 0 Å². The summed E-state index contributed by atoms with van der Waals surface area (Å²) in [6.45, 7) is 9.86. The lowest BCUT2D eigenvalue weighted by molar-refractivity contribution is -0.115. The number of amides is 1. The minimum Gasteiger partial charge on any atom is -0.325 e. The van der Waals surface area contributed by atoms with E-state index in [1.807, 2.05) is 51.1 Å². The number of fused-ring (bicyclic) bond motifs is 1. The number of aromatic nitrogens is 2. The van der Waals surface area contributed by atoms with Gasteiger partial charge in [0.2, 0.25) is 5.91 Å². The molecule has 1 heterocycles. The number of para-hydroxylation sites is 1. The molecule has 1 unspecified atom stereocenters. The molecule has 1 amide bonds. The molecule has 28 heavy (non-hydrogen) atoms. The number of hydrogen-bond acceptors (Lipinski definition) is 4. The molecule has 6 heteroatoms. The van der Waals surface area contributed by atoms with Crippen LogP contribution in [0, 0.1) is 13.8 Å². The van der Waals surface area contributed by atoms with E-state index < -0.39 is 5.25 Å². The van der Waals surface area contributed by atoms with Gasteiger partial charge in [-0.3, -0.25) is 14.2 Å². The molecule has 1 aromatic heterocycles. The Bertz CT molecular complexity index is 1100. The number of rotatable bonds is 6. The quantitative estimate of drug-likeness (QED) is 0.385. The molecule has 0 spiro atoms. The molecule has 1 N–H and O–H groups in total. The second-order valence-electron chi connectivity index (χ2n) is 6.68. The maximum atomic E-state index is 12.8. The molecule has 0 bridgehead atoms. The number of carbonyl (C=O) groups excluding carboxylic acids is 1. The first-order valence-electron chi connectivity index (χ1n) is 9.06. The van der Waals surface area contributed by atoms with Crippen LogP contribution in [-0.4, -0.2) is 20.7 Å². The van der Waals surface area contributed by atoms with E-state index in [-0.39, 0.29) is 11.5 Å². The Morgan fingerprint density at radius 3 is 2.75 bits per heavy atom. The molecular formula is C22H23N3O2S. The van der Waals surface area contributed by atoms with Crippen LogP contribution in [0.1, 0.15) is 18.1 Å². The third kappa shape index (κ3) is 4.17. The zero-order valence-corrected chi connectivity index (χ0v) is 17.0. The van der Waals surface area contributed by atoms with Gasteiger partial charge in [0.1, 0.15) is 0 Å². The van der Waals surface area contributed by atoms with Gasteiger partial charge in [0, 0.05) is 12.2 Å². The molecule has 0 fully saturated rings. The topological polar surface area (TPSA) is 64.0 Å². The van der Waals surface area contributed by atoms with Crippen LogP contribution in [0.3, 0.4) is 0 Å². The normalized spacial score (nSPS) is 12.0. The van der Waals surface area contributed by atoms with Crippen molar-refractivity contribution in [3.8, 4) is 0 Å². The zero-order valence-electron chi connectivity index (χ0n) is 16.2. The average molecular weight is 394 g/mol. The summed E-state index contributed by atoms with van der Waals surface area (Å²) < 4.78 is 1.56. The molecule has 0 aliphatic rings. The maximum absolute atomic E-state index is 12.8. The number of benzene rings is 2. The smallest absolute Gasteiger partial charge is 0.262 e. The molecule has 0 aliphatic heterocycles. The third-order valence-electron chi connectivity index (χ3n) is 4.43. The molecule has 3 rings (SSSR count). The highest BCUT2D eigenvalue weighted by Gasteiger charge is 2.19. The van der Waals surface area contributed by atoms with E-state index in [0.717, 1.165) is 16.8 Å². The summed E-state index contributed by atoms with van der Waals surface area (Å²) in [7, 11) is 0. The van der Waals surface area contributed by atoms with Gasteiger partial charge in [-0.25, -0.2) is 4.98 Å². The molecule has 0 aliphatic carbocycles. The van der Waals surface area contributed by atoms with Crippen molar-refractivity contribution in [3.63, 3.8) is 0 Å². The Hall–Kier alpha value is -2.86. The van der Waals surface area contributed by atoms with Gasteiger partial charge < -0.3 is 5.32 Å². The van der Waals surface area contributed by atoms with Gasteiger partial charge in [-0.05, 0) is 44.5 Å². The maximum Gasteiger partial charge on any atom is 0.262 e. The highest BCUT2D eigenvalue weighted by molar-refractivity contribution is 8.00. The molecule has 0 radical (unpaired) electrons. The number of carbonyl (C=O) groups is 1. The van der Waals surface area contributed by atoms with Gasteiger partial charge in [0.15, 0.2) is 5.16 Å². The van der Waals surface area contributed by atoms with E-state index in [0.29, 0.717) is 22.6 Å². The first kappa shape index (κ1) is 19.9. The Kier molecular flexibility index (Phi) is 5.99. The fraction of sp³-hybridized carbons (Fsp3) is 0.227. The number of allylic oxidation sites excluding steroid dienone is 1. The van der Waals surface area contributed by atoms with E-state index in [2.05, 4.69) is 16.9 Å².